The van der Waals surface area contributed by atoms with Crippen LogP contribution in [-0.2, 0) is 0 Å². The van der Waals surface area contributed by atoms with Gasteiger partial charge in [0.25, 0.3) is 11.8 Å². The standard InChI is InChI=1S/C19H22N2O2S/c1-13-6-2-3-9-16(13)21-18(22)14-7-4-8-15(12-14)20-19(23)17-10-5-11-24-17/h4-5,7-8,10-13,16H,2-3,6,9H2,1H3,(H,20,23)(H,21,22)/t13-,16+/m0/s1. The van der Waals surface area contributed by atoms with Crippen LogP contribution in [0.1, 0.15) is 52.6 Å². The third-order valence-electron chi connectivity index (χ3n) is 4.56. The molecule has 1 fully saturated rings. The van der Waals surface area contributed by atoms with E-state index in [1.165, 1.54) is 30.6 Å². The number of carbonyl (C=O) groups excluding carboxylic acids is 2. The van der Waals surface area contributed by atoms with Gasteiger partial charge in [0.15, 0.2) is 0 Å². The molecule has 0 radical (unpaired) electrons. The Morgan fingerprint density at radius 1 is 1.08 bits per heavy atom. The van der Waals surface area contributed by atoms with Crippen LogP contribution in [0.4, 0.5) is 5.69 Å². The number of thiophene rings is 1. The number of anilines is 1. The van der Waals surface area contributed by atoms with Crippen LogP contribution in [0.15, 0.2) is 41.8 Å². The molecule has 0 unspecified atom stereocenters. The molecule has 1 saturated carbocycles. The summed E-state index contributed by atoms with van der Waals surface area (Å²) >= 11 is 1.39. The largest absolute Gasteiger partial charge is 0.349 e. The van der Waals surface area contributed by atoms with Gasteiger partial charge < -0.3 is 10.6 Å². The van der Waals surface area contributed by atoms with Crippen molar-refractivity contribution in [3.8, 4) is 0 Å². The average Bonchev–Trinajstić information content (AvgIpc) is 3.12. The van der Waals surface area contributed by atoms with E-state index in [-0.39, 0.29) is 17.9 Å². The minimum atomic E-state index is -0.150. The van der Waals surface area contributed by atoms with Gasteiger partial charge in [-0.25, -0.2) is 0 Å². The van der Waals surface area contributed by atoms with Crippen LogP contribution in [0.5, 0.6) is 0 Å². The van der Waals surface area contributed by atoms with E-state index in [1.54, 1.807) is 30.3 Å². The molecule has 24 heavy (non-hydrogen) atoms. The van der Waals surface area contributed by atoms with Crippen molar-refractivity contribution in [1.82, 2.24) is 5.32 Å². The van der Waals surface area contributed by atoms with Crippen molar-refractivity contribution < 1.29 is 9.59 Å². The lowest BCUT2D eigenvalue weighted by molar-refractivity contribution is 0.0909. The van der Waals surface area contributed by atoms with Gasteiger partial charge in [0.2, 0.25) is 0 Å². The molecule has 5 heteroatoms. The smallest absolute Gasteiger partial charge is 0.265 e. The second-order valence-electron chi connectivity index (χ2n) is 6.35. The van der Waals surface area contributed by atoms with Crippen molar-refractivity contribution in [3.05, 3.63) is 52.2 Å². The zero-order valence-corrected chi connectivity index (χ0v) is 14.6. The number of rotatable bonds is 4. The number of hydrogen-bond acceptors (Lipinski definition) is 3. The van der Waals surface area contributed by atoms with Crippen LogP contribution in [0.2, 0.25) is 0 Å². The second kappa shape index (κ2) is 7.62. The highest BCUT2D eigenvalue weighted by Crippen LogP contribution is 2.24. The SMILES string of the molecule is C[C@H]1CCCC[C@H]1NC(=O)c1cccc(NC(=O)c2cccs2)c1. The van der Waals surface area contributed by atoms with Crippen molar-refractivity contribution in [3.63, 3.8) is 0 Å². The quantitative estimate of drug-likeness (QED) is 0.870. The molecule has 1 heterocycles. The van der Waals surface area contributed by atoms with Crippen molar-refractivity contribution in [2.24, 2.45) is 5.92 Å². The van der Waals surface area contributed by atoms with Crippen molar-refractivity contribution in [2.45, 2.75) is 38.6 Å². The Morgan fingerprint density at radius 2 is 1.92 bits per heavy atom. The number of amides is 2. The predicted octanol–water partition coefficient (Wildman–Crippen LogP) is 4.31. The molecule has 126 valence electrons. The van der Waals surface area contributed by atoms with Gasteiger partial charge >= 0.3 is 0 Å². The summed E-state index contributed by atoms with van der Waals surface area (Å²) in [4.78, 5) is 25.3. The topological polar surface area (TPSA) is 58.2 Å². The fourth-order valence-corrected chi connectivity index (χ4v) is 3.74. The first-order valence-corrected chi connectivity index (χ1v) is 9.27. The number of hydrogen-bond donors (Lipinski definition) is 2. The first-order chi connectivity index (χ1) is 11.6. The fraction of sp³-hybridized carbons (Fsp3) is 0.368. The molecule has 4 nitrogen and oxygen atoms in total. The fourth-order valence-electron chi connectivity index (χ4n) is 3.12. The summed E-state index contributed by atoms with van der Waals surface area (Å²) in [7, 11) is 0. The second-order valence-corrected chi connectivity index (χ2v) is 7.30. The minimum Gasteiger partial charge on any atom is -0.349 e. The Labute approximate surface area is 146 Å². The van der Waals surface area contributed by atoms with E-state index in [4.69, 9.17) is 0 Å². The van der Waals surface area contributed by atoms with Crippen molar-refractivity contribution in [1.29, 1.82) is 0 Å². The third-order valence-corrected chi connectivity index (χ3v) is 5.42. The summed E-state index contributed by atoms with van der Waals surface area (Å²) in [5.74, 6) is 0.300. The molecule has 0 saturated heterocycles. The van der Waals surface area contributed by atoms with E-state index >= 15 is 0 Å². The van der Waals surface area contributed by atoms with Crippen LogP contribution < -0.4 is 10.6 Å². The van der Waals surface area contributed by atoms with Crippen molar-refractivity contribution >= 4 is 28.8 Å². The number of benzene rings is 1. The van der Waals surface area contributed by atoms with Gasteiger partial charge in [-0.3, -0.25) is 9.59 Å². The van der Waals surface area contributed by atoms with Gasteiger partial charge in [-0.05, 0) is 48.4 Å². The summed E-state index contributed by atoms with van der Waals surface area (Å²) in [6.45, 7) is 2.20. The van der Waals surface area contributed by atoms with E-state index in [9.17, 15) is 9.59 Å². The maximum absolute atomic E-state index is 12.5. The average molecular weight is 342 g/mol. The molecule has 2 aromatic rings. The molecule has 0 spiro atoms. The first kappa shape index (κ1) is 16.7. The highest BCUT2D eigenvalue weighted by Gasteiger charge is 2.23. The first-order valence-electron chi connectivity index (χ1n) is 8.39. The molecule has 1 aromatic heterocycles. The Balaban J connectivity index is 1.66. The van der Waals surface area contributed by atoms with Crippen LogP contribution in [0.25, 0.3) is 0 Å². The maximum atomic E-state index is 12.5. The third kappa shape index (κ3) is 4.03. The van der Waals surface area contributed by atoms with E-state index in [1.807, 2.05) is 11.4 Å². The van der Waals surface area contributed by atoms with Crippen LogP contribution in [0, 0.1) is 5.92 Å². The Hall–Kier alpha value is -2.14. The highest BCUT2D eigenvalue weighted by atomic mass is 32.1. The normalized spacial score (nSPS) is 20.4. The Morgan fingerprint density at radius 3 is 2.67 bits per heavy atom. The maximum Gasteiger partial charge on any atom is 0.265 e. The van der Waals surface area contributed by atoms with Gasteiger partial charge in [-0.1, -0.05) is 31.9 Å². The van der Waals surface area contributed by atoms with E-state index in [0.29, 0.717) is 22.0 Å². The number of carbonyl (C=O) groups is 2. The Kier molecular flexibility index (Phi) is 5.30. The summed E-state index contributed by atoms with van der Waals surface area (Å²) in [5.41, 5.74) is 1.22. The lowest BCUT2D eigenvalue weighted by Gasteiger charge is -2.29. The summed E-state index contributed by atoms with van der Waals surface area (Å²) in [5, 5.41) is 7.85. The van der Waals surface area contributed by atoms with E-state index < -0.39 is 0 Å². The zero-order valence-electron chi connectivity index (χ0n) is 13.7. The molecular formula is C19H22N2O2S. The highest BCUT2D eigenvalue weighted by molar-refractivity contribution is 7.12. The minimum absolute atomic E-state index is 0.0685. The summed E-state index contributed by atoms with van der Waals surface area (Å²) in [6.07, 6.45) is 4.63. The molecule has 2 N–H and O–H groups in total. The van der Waals surface area contributed by atoms with E-state index in [2.05, 4.69) is 17.6 Å². The van der Waals surface area contributed by atoms with Crippen molar-refractivity contribution in [2.75, 3.05) is 5.32 Å². The molecule has 2 atom stereocenters. The number of nitrogens with one attached hydrogen (secondary N) is 2. The van der Waals surface area contributed by atoms with Gasteiger partial charge in [-0.15, -0.1) is 11.3 Å². The Bertz CT molecular complexity index is 712. The van der Waals surface area contributed by atoms with Gasteiger partial charge in [0.05, 0.1) is 4.88 Å². The molecule has 2 amide bonds. The van der Waals surface area contributed by atoms with Gasteiger partial charge in [0, 0.05) is 17.3 Å². The molecule has 1 aliphatic rings. The zero-order chi connectivity index (χ0) is 16.9. The van der Waals surface area contributed by atoms with Crippen LogP contribution in [0.3, 0.4) is 0 Å². The molecule has 1 aliphatic carbocycles. The van der Waals surface area contributed by atoms with E-state index in [0.717, 1.165) is 6.42 Å². The molecule has 3 rings (SSSR count). The molecule has 1 aromatic carbocycles. The predicted molar refractivity (Wildman–Crippen MR) is 97.6 cm³/mol. The van der Waals surface area contributed by atoms with Crippen LogP contribution in [-0.4, -0.2) is 17.9 Å². The van der Waals surface area contributed by atoms with Gasteiger partial charge in [0.1, 0.15) is 0 Å². The molecule has 0 aliphatic heterocycles. The lowest BCUT2D eigenvalue weighted by atomic mass is 9.86. The molecular weight excluding hydrogens is 320 g/mol. The molecule has 0 bridgehead atoms. The lowest BCUT2D eigenvalue weighted by Crippen LogP contribution is -2.41. The summed E-state index contributed by atoms with van der Waals surface area (Å²) in [6, 6.07) is 11.0. The van der Waals surface area contributed by atoms with Gasteiger partial charge in [-0.2, -0.15) is 0 Å². The van der Waals surface area contributed by atoms with Crippen LogP contribution >= 0.6 is 11.3 Å². The summed E-state index contributed by atoms with van der Waals surface area (Å²) < 4.78 is 0. The monoisotopic (exact) mass is 342 g/mol.